The van der Waals surface area contributed by atoms with Crippen molar-refractivity contribution in [3.8, 4) is 0 Å². The Morgan fingerprint density at radius 2 is 1.85 bits per heavy atom. The van der Waals surface area contributed by atoms with Gasteiger partial charge in [-0.3, -0.25) is 4.90 Å². The lowest BCUT2D eigenvalue weighted by Gasteiger charge is -2.19. The number of para-hydroxylation sites is 2. The molecule has 0 spiro atoms. The Balaban J connectivity index is 2.15. The molecule has 2 aromatic rings. The summed E-state index contributed by atoms with van der Waals surface area (Å²) < 4.78 is 0. The molecule has 0 aliphatic rings. The van der Waals surface area contributed by atoms with Crippen molar-refractivity contribution in [2.75, 3.05) is 23.0 Å². The van der Waals surface area contributed by atoms with Crippen LogP contribution in [0.25, 0.3) is 0 Å². The summed E-state index contributed by atoms with van der Waals surface area (Å²) >= 11 is 11.7. The number of rotatable bonds is 2. The molecular weight excluding hydrogens is 297 g/mol. The maximum absolute atomic E-state index is 12.1. The van der Waals surface area contributed by atoms with Crippen LogP contribution in [-0.4, -0.2) is 13.1 Å². The van der Waals surface area contributed by atoms with Gasteiger partial charge >= 0.3 is 6.03 Å². The van der Waals surface area contributed by atoms with Gasteiger partial charge < -0.3 is 11.1 Å². The van der Waals surface area contributed by atoms with E-state index in [2.05, 4.69) is 5.32 Å². The highest BCUT2D eigenvalue weighted by Crippen LogP contribution is 2.26. The summed E-state index contributed by atoms with van der Waals surface area (Å²) in [6.45, 7) is 0. The van der Waals surface area contributed by atoms with Gasteiger partial charge in [0, 0.05) is 12.7 Å². The van der Waals surface area contributed by atoms with E-state index in [-0.39, 0.29) is 6.03 Å². The first-order chi connectivity index (χ1) is 9.49. The van der Waals surface area contributed by atoms with Gasteiger partial charge in [0.05, 0.1) is 21.4 Å². The third-order valence-corrected chi connectivity index (χ3v) is 3.51. The number of hydrogen-bond donors (Lipinski definition) is 2. The van der Waals surface area contributed by atoms with E-state index in [1.54, 1.807) is 37.4 Å². The van der Waals surface area contributed by atoms with Gasteiger partial charge in [0.15, 0.2) is 0 Å². The number of urea groups is 1. The van der Waals surface area contributed by atoms with Crippen molar-refractivity contribution < 1.29 is 4.79 Å². The van der Waals surface area contributed by atoms with Gasteiger partial charge in [0.2, 0.25) is 0 Å². The van der Waals surface area contributed by atoms with Crippen LogP contribution in [0.1, 0.15) is 0 Å². The normalized spacial score (nSPS) is 10.2. The molecule has 0 bridgehead atoms. The zero-order chi connectivity index (χ0) is 14.7. The fraction of sp³-hybridized carbons (Fsp3) is 0.0714. The summed E-state index contributed by atoms with van der Waals surface area (Å²) in [6.07, 6.45) is 0. The summed E-state index contributed by atoms with van der Waals surface area (Å²) in [5, 5.41) is 3.54. The molecule has 2 amide bonds. The molecule has 0 saturated carbocycles. The quantitative estimate of drug-likeness (QED) is 0.815. The first-order valence-corrected chi connectivity index (χ1v) is 6.59. The van der Waals surface area contributed by atoms with Crippen LogP contribution in [-0.2, 0) is 0 Å². The lowest BCUT2D eigenvalue weighted by atomic mass is 10.2. The van der Waals surface area contributed by atoms with E-state index in [4.69, 9.17) is 28.9 Å². The Morgan fingerprint density at radius 3 is 2.50 bits per heavy atom. The number of nitrogens with one attached hydrogen (secondary N) is 1. The molecule has 0 radical (unpaired) electrons. The summed E-state index contributed by atoms with van der Waals surface area (Å²) in [7, 11) is 1.64. The van der Waals surface area contributed by atoms with E-state index in [9.17, 15) is 4.79 Å². The summed E-state index contributed by atoms with van der Waals surface area (Å²) in [5.41, 5.74) is 7.55. The predicted molar refractivity (Wildman–Crippen MR) is 84.7 cm³/mol. The zero-order valence-electron chi connectivity index (χ0n) is 10.7. The van der Waals surface area contributed by atoms with Gasteiger partial charge in [0.1, 0.15) is 0 Å². The molecule has 0 aromatic heterocycles. The first-order valence-electron chi connectivity index (χ1n) is 5.83. The smallest absolute Gasteiger partial charge is 0.326 e. The monoisotopic (exact) mass is 309 g/mol. The third-order valence-electron chi connectivity index (χ3n) is 2.77. The minimum absolute atomic E-state index is 0.318. The lowest BCUT2D eigenvalue weighted by Crippen LogP contribution is -2.31. The van der Waals surface area contributed by atoms with Gasteiger partial charge in [-0.05, 0) is 30.3 Å². The van der Waals surface area contributed by atoms with Crippen LogP contribution < -0.4 is 16.0 Å². The number of amides is 2. The number of nitrogen functional groups attached to an aromatic ring is 1. The second-order valence-corrected chi connectivity index (χ2v) is 4.99. The Bertz CT molecular complexity index is 646. The maximum atomic E-state index is 12.1. The number of carbonyl (C=O) groups is 1. The van der Waals surface area contributed by atoms with Crippen molar-refractivity contribution in [2.24, 2.45) is 0 Å². The van der Waals surface area contributed by atoms with Gasteiger partial charge in [-0.15, -0.1) is 0 Å². The Kier molecular flexibility index (Phi) is 4.37. The number of halogens is 2. The van der Waals surface area contributed by atoms with Gasteiger partial charge in [0.25, 0.3) is 0 Å². The second-order valence-electron chi connectivity index (χ2n) is 4.18. The first kappa shape index (κ1) is 14.5. The summed E-state index contributed by atoms with van der Waals surface area (Å²) in [4.78, 5) is 13.6. The largest absolute Gasteiger partial charge is 0.397 e. The van der Waals surface area contributed by atoms with Crippen LogP contribution in [0.2, 0.25) is 10.0 Å². The number of carbonyl (C=O) groups excluding carboxylic acids is 1. The molecule has 3 N–H and O–H groups in total. The molecule has 0 saturated heterocycles. The van der Waals surface area contributed by atoms with Gasteiger partial charge in [-0.2, -0.15) is 0 Å². The predicted octanol–water partition coefficient (Wildman–Crippen LogP) is 4.24. The number of hydrogen-bond acceptors (Lipinski definition) is 2. The fourth-order valence-electron chi connectivity index (χ4n) is 1.68. The van der Waals surface area contributed by atoms with Crippen LogP contribution in [0.3, 0.4) is 0 Å². The van der Waals surface area contributed by atoms with Crippen LogP contribution in [0.4, 0.5) is 21.9 Å². The van der Waals surface area contributed by atoms with Crippen LogP contribution in [0.15, 0.2) is 42.5 Å². The number of nitrogens with two attached hydrogens (primary N) is 1. The van der Waals surface area contributed by atoms with Crippen molar-refractivity contribution in [1.29, 1.82) is 0 Å². The van der Waals surface area contributed by atoms with Crippen LogP contribution in [0.5, 0.6) is 0 Å². The third kappa shape index (κ3) is 3.15. The standard InChI is InChI=1S/C14H13Cl2N3O/c1-19(13-5-3-2-4-12(13)17)14(20)18-9-6-7-10(15)11(16)8-9/h2-8H,17H2,1H3,(H,18,20). The van der Waals surface area contributed by atoms with E-state index in [0.717, 1.165) is 0 Å². The Morgan fingerprint density at radius 1 is 1.15 bits per heavy atom. The van der Waals surface area contributed by atoms with E-state index in [1.807, 2.05) is 12.1 Å². The number of anilines is 3. The summed E-state index contributed by atoms with van der Waals surface area (Å²) in [5.74, 6) is 0. The van der Waals surface area contributed by atoms with E-state index in [1.165, 1.54) is 4.90 Å². The van der Waals surface area contributed by atoms with Crippen LogP contribution in [0, 0.1) is 0 Å². The van der Waals surface area contributed by atoms with E-state index < -0.39 is 0 Å². The van der Waals surface area contributed by atoms with E-state index >= 15 is 0 Å². The van der Waals surface area contributed by atoms with E-state index in [0.29, 0.717) is 27.1 Å². The highest BCUT2D eigenvalue weighted by Gasteiger charge is 2.13. The van der Waals surface area contributed by atoms with Crippen LogP contribution >= 0.6 is 23.2 Å². The SMILES string of the molecule is CN(C(=O)Nc1ccc(Cl)c(Cl)c1)c1ccccc1N. The van der Waals surface area contributed by atoms with Crippen molar-refractivity contribution in [2.45, 2.75) is 0 Å². The average Bonchev–Trinajstić information content (AvgIpc) is 2.42. The molecule has 0 aliphatic heterocycles. The Hall–Kier alpha value is -1.91. The molecule has 0 aliphatic carbocycles. The van der Waals surface area contributed by atoms with Gasteiger partial charge in [-0.25, -0.2) is 4.79 Å². The molecule has 0 fully saturated rings. The minimum atomic E-state index is -0.318. The number of benzene rings is 2. The molecule has 0 atom stereocenters. The topological polar surface area (TPSA) is 58.4 Å². The molecule has 6 heteroatoms. The molecule has 20 heavy (non-hydrogen) atoms. The highest BCUT2D eigenvalue weighted by molar-refractivity contribution is 6.42. The number of nitrogens with zero attached hydrogens (tertiary/aromatic N) is 1. The lowest BCUT2D eigenvalue weighted by molar-refractivity contribution is 0.258. The summed E-state index contributed by atoms with van der Waals surface area (Å²) in [6, 6.07) is 11.7. The zero-order valence-corrected chi connectivity index (χ0v) is 12.2. The highest BCUT2D eigenvalue weighted by atomic mass is 35.5. The second kappa shape index (κ2) is 6.03. The molecule has 104 valence electrons. The van der Waals surface area contributed by atoms with Gasteiger partial charge in [-0.1, -0.05) is 35.3 Å². The molecule has 2 aromatic carbocycles. The fourth-order valence-corrected chi connectivity index (χ4v) is 1.98. The van der Waals surface area contributed by atoms with Crippen molar-refractivity contribution in [3.63, 3.8) is 0 Å². The van der Waals surface area contributed by atoms with Crippen molar-refractivity contribution in [3.05, 3.63) is 52.5 Å². The molecular formula is C14H13Cl2N3O. The Labute approximate surface area is 127 Å². The molecule has 2 rings (SSSR count). The molecule has 0 heterocycles. The average molecular weight is 310 g/mol. The van der Waals surface area contributed by atoms with Crippen molar-refractivity contribution in [1.82, 2.24) is 0 Å². The maximum Gasteiger partial charge on any atom is 0.326 e. The van der Waals surface area contributed by atoms with Crippen molar-refractivity contribution >= 4 is 46.3 Å². The minimum Gasteiger partial charge on any atom is -0.397 e. The molecule has 0 unspecified atom stereocenters. The molecule has 4 nitrogen and oxygen atoms in total.